The lowest BCUT2D eigenvalue weighted by Crippen LogP contribution is -2.59. The van der Waals surface area contributed by atoms with Gasteiger partial charge in [0.25, 0.3) is 0 Å². The average Bonchev–Trinajstić information content (AvgIpc) is 3.03. The molecule has 0 bridgehead atoms. The van der Waals surface area contributed by atoms with Gasteiger partial charge < -0.3 is 41.2 Å². The van der Waals surface area contributed by atoms with Crippen molar-refractivity contribution in [3.05, 3.63) is 69.8 Å². The molecule has 7 N–H and O–H groups in total. The number of nitrogens with two attached hydrogens (primary N) is 1. The standard InChI is InChI=1S/C39H59N3O7/c1-11-23(2)29-20-32(48-10)30(34-33(45)31(44)19-28(21-43)49-34)18-27(29)17-26-13-12-25(16-24(26)3)14-15-37(4,5)35(46)42-39(8,9)36(47)41-22-38(6,7)40/h12-16,18,20,23,28,31,33-34,43-45H,11,17,19,21-22,40H2,1-10H3,(H,41,47)(H,42,46)/b15-14+/t23?,28-,31-,33+,34-/m0/s1. The van der Waals surface area contributed by atoms with E-state index in [1.165, 1.54) is 0 Å². The molecule has 2 aromatic carbocycles. The fourth-order valence-corrected chi connectivity index (χ4v) is 5.86. The molecule has 1 saturated heterocycles. The van der Waals surface area contributed by atoms with Crippen LogP contribution in [0.25, 0.3) is 6.08 Å². The molecule has 0 radical (unpaired) electrons. The third kappa shape index (κ3) is 10.4. The molecule has 2 aromatic rings. The molecule has 10 nitrogen and oxygen atoms in total. The summed E-state index contributed by atoms with van der Waals surface area (Å²) in [4.78, 5) is 26.0. The Morgan fingerprint density at radius 3 is 2.33 bits per heavy atom. The highest BCUT2D eigenvalue weighted by molar-refractivity contribution is 5.93. The second-order valence-electron chi connectivity index (χ2n) is 15.4. The molecule has 1 unspecified atom stereocenters. The number of nitrogens with one attached hydrogen (secondary N) is 2. The zero-order valence-corrected chi connectivity index (χ0v) is 31.0. The molecule has 1 aliphatic heterocycles. The third-order valence-electron chi connectivity index (χ3n) is 9.42. The lowest BCUT2D eigenvalue weighted by atomic mass is 9.85. The summed E-state index contributed by atoms with van der Waals surface area (Å²) in [6.45, 7) is 17.0. The van der Waals surface area contributed by atoms with E-state index >= 15 is 0 Å². The Hall–Kier alpha value is -3.28. The van der Waals surface area contributed by atoms with Crippen LogP contribution in [0.5, 0.6) is 5.75 Å². The molecular formula is C39H59N3O7. The van der Waals surface area contributed by atoms with Crippen LogP contribution >= 0.6 is 0 Å². The predicted molar refractivity (Wildman–Crippen MR) is 193 cm³/mol. The summed E-state index contributed by atoms with van der Waals surface area (Å²) in [6.07, 6.45) is 1.81. The van der Waals surface area contributed by atoms with Gasteiger partial charge in [0.2, 0.25) is 11.8 Å². The third-order valence-corrected chi connectivity index (χ3v) is 9.42. The predicted octanol–water partition coefficient (Wildman–Crippen LogP) is 4.44. The first-order chi connectivity index (χ1) is 22.7. The number of carbonyl (C=O) groups is 2. The molecule has 0 aromatic heterocycles. The van der Waals surface area contributed by atoms with Crippen molar-refractivity contribution >= 4 is 17.9 Å². The van der Waals surface area contributed by atoms with Crippen molar-refractivity contribution in [2.75, 3.05) is 20.3 Å². The zero-order chi connectivity index (χ0) is 36.9. The van der Waals surface area contributed by atoms with E-state index in [9.17, 15) is 24.9 Å². The van der Waals surface area contributed by atoms with Crippen LogP contribution in [0.4, 0.5) is 0 Å². The first-order valence-electron chi connectivity index (χ1n) is 17.2. The normalized spacial score (nSPS) is 21.0. The Bertz CT molecular complexity index is 1490. The van der Waals surface area contributed by atoms with Gasteiger partial charge >= 0.3 is 0 Å². The van der Waals surface area contributed by atoms with Crippen molar-refractivity contribution in [2.24, 2.45) is 11.1 Å². The largest absolute Gasteiger partial charge is 0.496 e. The van der Waals surface area contributed by atoms with Gasteiger partial charge in [-0.05, 0) is 107 Å². The molecule has 1 fully saturated rings. The van der Waals surface area contributed by atoms with Gasteiger partial charge in [-0.1, -0.05) is 44.2 Å². The zero-order valence-electron chi connectivity index (χ0n) is 31.0. The van der Waals surface area contributed by atoms with Crippen LogP contribution in [0, 0.1) is 12.3 Å². The van der Waals surface area contributed by atoms with Crippen molar-refractivity contribution in [1.82, 2.24) is 10.6 Å². The van der Waals surface area contributed by atoms with Crippen LogP contribution in [0.3, 0.4) is 0 Å². The lowest BCUT2D eigenvalue weighted by molar-refractivity contribution is -0.180. The summed E-state index contributed by atoms with van der Waals surface area (Å²) >= 11 is 0. The minimum absolute atomic E-state index is 0.152. The molecule has 49 heavy (non-hydrogen) atoms. The number of hydrogen-bond acceptors (Lipinski definition) is 8. The van der Waals surface area contributed by atoms with Crippen molar-refractivity contribution in [2.45, 2.75) is 123 Å². The number of carbonyl (C=O) groups excluding carboxylic acids is 2. The van der Waals surface area contributed by atoms with E-state index in [0.717, 1.165) is 34.2 Å². The second kappa shape index (κ2) is 16.2. The van der Waals surface area contributed by atoms with Gasteiger partial charge in [-0.15, -0.1) is 0 Å². The molecule has 0 saturated carbocycles. The maximum Gasteiger partial charge on any atom is 0.245 e. The Morgan fingerprint density at radius 1 is 1.08 bits per heavy atom. The Morgan fingerprint density at radius 2 is 1.76 bits per heavy atom. The molecule has 272 valence electrons. The highest BCUT2D eigenvalue weighted by atomic mass is 16.5. The first-order valence-corrected chi connectivity index (χ1v) is 17.2. The first kappa shape index (κ1) is 40.2. The van der Waals surface area contributed by atoms with Crippen LogP contribution in [-0.2, 0) is 20.7 Å². The number of amides is 2. The van der Waals surface area contributed by atoms with Crippen molar-refractivity contribution in [3.63, 3.8) is 0 Å². The van der Waals surface area contributed by atoms with Crippen LogP contribution in [0.1, 0.15) is 114 Å². The molecule has 1 aliphatic rings. The minimum atomic E-state index is -1.16. The highest BCUT2D eigenvalue weighted by Gasteiger charge is 2.39. The van der Waals surface area contributed by atoms with E-state index < -0.39 is 40.9 Å². The summed E-state index contributed by atoms with van der Waals surface area (Å²) in [5.41, 5.74) is 9.36. The quantitative estimate of drug-likeness (QED) is 0.171. The summed E-state index contributed by atoms with van der Waals surface area (Å²) in [7, 11) is 1.58. The number of ether oxygens (including phenoxy) is 2. The van der Waals surface area contributed by atoms with Crippen LogP contribution in [0.2, 0.25) is 0 Å². The van der Waals surface area contributed by atoms with Crippen LogP contribution < -0.4 is 21.1 Å². The number of benzene rings is 2. The number of methoxy groups -OCH3 is 1. The maximum absolute atomic E-state index is 13.3. The van der Waals surface area contributed by atoms with Crippen LogP contribution in [-0.4, -0.2) is 76.8 Å². The van der Waals surface area contributed by atoms with Gasteiger partial charge in [0.05, 0.1) is 31.3 Å². The van der Waals surface area contributed by atoms with Gasteiger partial charge in [-0.2, -0.15) is 0 Å². The number of aliphatic hydroxyl groups is 3. The molecule has 3 rings (SSSR count). The number of aryl methyl sites for hydroxylation is 1. The fraction of sp³-hybridized carbons (Fsp3) is 0.590. The topological polar surface area (TPSA) is 163 Å². The molecule has 1 heterocycles. The van der Waals surface area contributed by atoms with Gasteiger partial charge in [0.1, 0.15) is 23.5 Å². The Balaban J connectivity index is 1.86. The van der Waals surface area contributed by atoms with E-state index in [-0.39, 0.29) is 37.3 Å². The molecule has 2 amide bonds. The minimum Gasteiger partial charge on any atom is -0.496 e. The number of rotatable bonds is 14. The van der Waals surface area contributed by atoms with E-state index in [1.54, 1.807) is 21.0 Å². The lowest BCUT2D eigenvalue weighted by Gasteiger charge is -2.37. The summed E-state index contributed by atoms with van der Waals surface area (Å²) in [6, 6.07) is 10.2. The monoisotopic (exact) mass is 681 g/mol. The van der Waals surface area contributed by atoms with Gasteiger partial charge in [-0.3, -0.25) is 9.59 Å². The van der Waals surface area contributed by atoms with Crippen molar-refractivity contribution in [3.8, 4) is 5.75 Å². The average molecular weight is 682 g/mol. The smallest absolute Gasteiger partial charge is 0.245 e. The van der Waals surface area contributed by atoms with E-state index in [2.05, 4.69) is 43.5 Å². The fourth-order valence-electron chi connectivity index (χ4n) is 5.86. The molecule has 0 spiro atoms. The van der Waals surface area contributed by atoms with Gasteiger partial charge in [0, 0.05) is 24.1 Å². The molecule has 5 atom stereocenters. The highest BCUT2D eigenvalue weighted by Crippen LogP contribution is 2.40. The van der Waals surface area contributed by atoms with Gasteiger partial charge in [0.15, 0.2) is 0 Å². The van der Waals surface area contributed by atoms with Crippen molar-refractivity contribution < 1.29 is 34.4 Å². The summed E-state index contributed by atoms with van der Waals surface area (Å²) in [5, 5.41) is 36.9. The Kier molecular flexibility index (Phi) is 13.2. The summed E-state index contributed by atoms with van der Waals surface area (Å²) in [5.74, 6) is 0.230. The maximum atomic E-state index is 13.3. The number of hydrogen-bond donors (Lipinski definition) is 6. The van der Waals surface area contributed by atoms with E-state index in [4.69, 9.17) is 15.2 Å². The number of aliphatic hydroxyl groups excluding tert-OH is 3. The molecule has 10 heteroatoms. The second-order valence-corrected chi connectivity index (χ2v) is 15.4. The van der Waals surface area contributed by atoms with Crippen LogP contribution in [0.15, 0.2) is 36.4 Å². The van der Waals surface area contributed by atoms with Crippen molar-refractivity contribution in [1.29, 1.82) is 0 Å². The van der Waals surface area contributed by atoms with E-state index in [0.29, 0.717) is 17.7 Å². The molecular weight excluding hydrogens is 622 g/mol. The molecule has 0 aliphatic carbocycles. The Labute approximate surface area is 292 Å². The van der Waals surface area contributed by atoms with E-state index in [1.807, 2.05) is 58.0 Å². The summed E-state index contributed by atoms with van der Waals surface area (Å²) < 4.78 is 11.8. The van der Waals surface area contributed by atoms with Gasteiger partial charge in [-0.25, -0.2) is 0 Å². The SMILES string of the molecule is CCC(C)c1cc(OC)c([C@@H]2O[C@H](CO)C[C@H](O)[C@H]2O)cc1Cc1ccc(/C=C/C(C)(C)C(=O)NC(C)(C)C(=O)NCC(C)(C)N)cc1C.